The molecule has 148 valence electrons. The monoisotopic (exact) mass is 495 g/mol. The van der Waals surface area contributed by atoms with Crippen molar-refractivity contribution in [3.8, 4) is 0 Å². The van der Waals surface area contributed by atoms with Crippen molar-refractivity contribution in [2.75, 3.05) is 44.8 Å². The maximum absolute atomic E-state index is 11.6. The number of hydrogen-bond donors (Lipinski definition) is 1. The number of benzene rings is 1. The van der Waals surface area contributed by atoms with Gasteiger partial charge in [0, 0.05) is 38.4 Å². The first-order chi connectivity index (χ1) is 12.0. The van der Waals surface area contributed by atoms with Crippen LogP contribution in [0.1, 0.15) is 18.9 Å². The normalized spacial score (nSPS) is 17.8. The summed E-state index contributed by atoms with van der Waals surface area (Å²) in [5, 5.41) is 3.16. The molecule has 0 aromatic heterocycles. The van der Waals surface area contributed by atoms with Crippen molar-refractivity contribution in [1.29, 1.82) is 0 Å². The van der Waals surface area contributed by atoms with E-state index in [1.54, 1.807) is 14.0 Å². The number of hydrogen-bond acceptors (Lipinski definition) is 4. The van der Waals surface area contributed by atoms with Gasteiger partial charge in [0.25, 0.3) is 0 Å². The highest BCUT2D eigenvalue weighted by Gasteiger charge is 2.25. The fourth-order valence-electron chi connectivity index (χ4n) is 2.87. The molecule has 0 spiro atoms. The predicted octanol–water partition coefficient (Wildman–Crippen LogP) is 2.15. The maximum atomic E-state index is 11.6. The van der Waals surface area contributed by atoms with Crippen LogP contribution in [0.3, 0.4) is 0 Å². The Morgan fingerprint density at radius 1 is 1.35 bits per heavy atom. The molecule has 0 radical (unpaired) electrons. The second-order valence-electron chi connectivity index (χ2n) is 6.31. The Morgan fingerprint density at radius 3 is 2.73 bits per heavy atom. The number of guanidine groups is 1. The Morgan fingerprint density at radius 2 is 2.08 bits per heavy atom. The third kappa shape index (κ3) is 7.79. The molecule has 1 saturated heterocycles. The molecule has 1 aliphatic heterocycles. The van der Waals surface area contributed by atoms with Gasteiger partial charge in [-0.1, -0.05) is 37.3 Å². The zero-order valence-corrected chi connectivity index (χ0v) is 18.7. The molecule has 26 heavy (non-hydrogen) atoms. The van der Waals surface area contributed by atoms with Gasteiger partial charge in [-0.05, 0) is 12.0 Å². The molecule has 1 heterocycles. The lowest BCUT2D eigenvalue weighted by atomic mass is 10.1. The summed E-state index contributed by atoms with van der Waals surface area (Å²) >= 11 is 0. The van der Waals surface area contributed by atoms with Gasteiger partial charge in [-0.2, -0.15) is 0 Å². The SMILES string of the molecule is CCS(=O)(=O)CCNC(=NC)N1CCC(COCc2ccccc2)C1.I. The van der Waals surface area contributed by atoms with Crippen LogP contribution in [0.15, 0.2) is 35.3 Å². The van der Waals surface area contributed by atoms with Crippen LogP contribution in [0.5, 0.6) is 0 Å². The second-order valence-corrected chi connectivity index (χ2v) is 8.78. The molecular weight excluding hydrogens is 465 g/mol. The van der Waals surface area contributed by atoms with Crippen molar-refractivity contribution >= 4 is 39.8 Å². The third-order valence-corrected chi connectivity index (χ3v) is 6.10. The summed E-state index contributed by atoms with van der Waals surface area (Å²) in [7, 11) is -1.22. The highest BCUT2D eigenvalue weighted by Crippen LogP contribution is 2.17. The van der Waals surface area contributed by atoms with Crippen molar-refractivity contribution in [3.63, 3.8) is 0 Å². The Hall–Kier alpha value is -0.870. The lowest BCUT2D eigenvalue weighted by Crippen LogP contribution is -2.42. The van der Waals surface area contributed by atoms with Crippen LogP contribution in [0.25, 0.3) is 0 Å². The van der Waals surface area contributed by atoms with Crippen molar-refractivity contribution < 1.29 is 13.2 Å². The molecule has 0 amide bonds. The quantitative estimate of drug-likeness (QED) is 0.340. The van der Waals surface area contributed by atoms with Gasteiger partial charge in [0.05, 0.1) is 19.0 Å². The zero-order valence-electron chi connectivity index (χ0n) is 15.6. The lowest BCUT2D eigenvalue weighted by molar-refractivity contribution is 0.0907. The minimum absolute atomic E-state index is 0. The van der Waals surface area contributed by atoms with Gasteiger partial charge >= 0.3 is 0 Å². The first kappa shape index (κ1) is 23.2. The van der Waals surface area contributed by atoms with Gasteiger partial charge in [0.15, 0.2) is 15.8 Å². The van der Waals surface area contributed by atoms with Crippen LogP contribution >= 0.6 is 24.0 Å². The molecule has 0 aliphatic carbocycles. The standard InChI is InChI=1S/C18H29N3O3S.HI/c1-3-25(22,23)12-10-20-18(19-2)21-11-9-17(13-21)15-24-14-16-7-5-4-6-8-16;/h4-8,17H,3,9-15H2,1-2H3,(H,19,20);1H. The van der Waals surface area contributed by atoms with Crippen LogP contribution in [0.4, 0.5) is 0 Å². The van der Waals surface area contributed by atoms with E-state index in [-0.39, 0.29) is 35.5 Å². The minimum atomic E-state index is -2.95. The van der Waals surface area contributed by atoms with E-state index in [1.165, 1.54) is 5.56 Å². The molecule has 0 bridgehead atoms. The van der Waals surface area contributed by atoms with Crippen molar-refractivity contribution in [2.45, 2.75) is 20.0 Å². The summed E-state index contributed by atoms with van der Waals surface area (Å²) in [6.07, 6.45) is 1.06. The topological polar surface area (TPSA) is 71.0 Å². The highest BCUT2D eigenvalue weighted by molar-refractivity contribution is 14.0. The summed E-state index contributed by atoms with van der Waals surface area (Å²) in [5.74, 6) is 1.57. The highest BCUT2D eigenvalue weighted by atomic mass is 127. The van der Waals surface area contributed by atoms with E-state index in [2.05, 4.69) is 27.3 Å². The van der Waals surface area contributed by atoms with E-state index in [4.69, 9.17) is 4.74 Å². The number of halogens is 1. The molecule has 1 unspecified atom stereocenters. The van der Waals surface area contributed by atoms with Gasteiger partial charge in [-0.25, -0.2) is 8.42 Å². The largest absolute Gasteiger partial charge is 0.376 e. The molecule has 6 nitrogen and oxygen atoms in total. The van der Waals surface area contributed by atoms with Gasteiger partial charge in [-0.3, -0.25) is 4.99 Å². The predicted molar refractivity (Wildman–Crippen MR) is 117 cm³/mol. The average Bonchev–Trinajstić information content (AvgIpc) is 3.08. The fraction of sp³-hybridized carbons (Fsp3) is 0.611. The number of nitrogens with one attached hydrogen (secondary N) is 1. The van der Waals surface area contributed by atoms with Crippen molar-refractivity contribution in [2.24, 2.45) is 10.9 Å². The Labute approximate surface area is 174 Å². The molecule has 2 rings (SSSR count). The summed E-state index contributed by atoms with van der Waals surface area (Å²) in [6, 6.07) is 10.2. The van der Waals surface area contributed by atoms with E-state index in [1.807, 2.05) is 18.2 Å². The first-order valence-electron chi connectivity index (χ1n) is 8.81. The van der Waals surface area contributed by atoms with Gasteiger partial charge in [0.2, 0.25) is 0 Å². The van der Waals surface area contributed by atoms with E-state index < -0.39 is 9.84 Å². The summed E-state index contributed by atoms with van der Waals surface area (Å²) < 4.78 is 29.0. The Balaban J connectivity index is 0.00000338. The van der Waals surface area contributed by atoms with Gasteiger partial charge in [-0.15, -0.1) is 24.0 Å². The van der Waals surface area contributed by atoms with Gasteiger partial charge in [0.1, 0.15) is 0 Å². The maximum Gasteiger partial charge on any atom is 0.193 e. The number of sulfone groups is 1. The number of nitrogens with zero attached hydrogens (tertiary/aromatic N) is 2. The van der Waals surface area contributed by atoms with Crippen molar-refractivity contribution in [1.82, 2.24) is 10.2 Å². The number of aliphatic imine (C=N–C) groups is 1. The smallest absolute Gasteiger partial charge is 0.193 e. The minimum Gasteiger partial charge on any atom is -0.376 e. The van der Waals surface area contributed by atoms with Gasteiger partial charge < -0.3 is 15.0 Å². The Kier molecular flexibility index (Phi) is 10.5. The molecule has 8 heteroatoms. The van der Waals surface area contributed by atoms with Crippen LogP contribution in [0, 0.1) is 5.92 Å². The van der Waals surface area contributed by atoms with Crippen LogP contribution in [-0.4, -0.2) is 64.1 Å². The van der Waals surface area contributed by atoms with Crippen molar-refractivity contribution in [3.05, 3.63) is 35.9 Å². The lowest BCUT2D eigenvalue weighted by Gasteiger charge is -2.21. The van der Waals surface area contributed by atoms with E-state index >= 15 is 0 Å². The van der Waals surface area contributed by atoms with Crippen LogP contribution < -0.4 is 5.32 Å². The average molecular weight is 495 g/mol. The third-order valence-electron chi connectivity index (χ3n) is 4.40. The molecule has 1 N–H and O–H groups in total. The number of rotatable bonds is 8. The fourth-order valence-corrected chi connectivity index (χ4v) is 3.58. The molecule has 1 aromatic rings. The summed E-state index contributed by atoms with van der Waals surface area (Å²) in [5.41, 5.74) is 1.19. The molecule has 1 aromatic carbocycles. The molecule has 1 atom stereocenters. The zero-order chi connectivity index (χ0) is 18.1. The molecular formula is C18H30IN3O3S. The molecule has 1 fully saturated rings. The van der Waals surface area contributed by atoms with E-state index in [0.717, 1.165) is 32.1 Å². The molecule has 1 aliphatic rings. The summed E-state index contributed by atoms with van der Waals surface area (Å²) in [6.45, 7) is 5.24. The number of likely N-dealkylation sites (tertiary alicyclic amines) is 1. The Bertz CT molecular complexity index is 653. The van der Waals surface area contributed by atoms with Crippen LogP contribution in [0.2, 0.25) is 0 Å². The first-order valence-corrected chi connectivity index (χ1v) is 10.6. The van der Waals surface area contributed by atoms with Crippen LogP contribution in [-0.2, 0) is 21.2 Å². The van der Waals surface area contributed by atoms with E-state index in [0.29, 0.717) is 19.1 Å². The second kappa shape index (κ2) is 11.8. The summed E-state index contributed by atoms with van der Waals surface area (Å²) in [4.78, 5) is 6.45. The number of ether oxygens (including phenoxy) is 1. The molecule has 0 saturated carbocycles. The van der Waals surface area contributed by atoms with E-state index in [9.17, 15) is 8.42 Å².